The van der Waals surface area contributed by atoms with E-state index >= 15 is 0 Å². The molecule has 3 N–H and O–H groups in total. The second-order valence-corrected chi connectivity index (χ2v) is 5.73. The summed E-state index contributed by atoms with van der Waals surface area (Å²) in [5.41, 5.74) is 4.12. The summed E-state index contributed by atoms with van der Waals surface area (Å²) in [6, 6.07) is 13.5. The number of methoxy groups -OCH3 is 1. The maximum Gasteiger partial charge on any atom is 0.319 e. The molecule has 0 aliphatic heterocycles. The number of ether oxygens (including phenoxy) is 1. The van der Waals surface area contributed by atoms with Crippen molar-refractivity contribution in [2.45, 2.75) is 13.3 Å². The molecule has 5 heteroatoms. The number of anilines is 1. The second-order valence-electron chi connectivity index (χ2n) is 5.73. The number of urea groups is 1. The molecule has 3 aromatic rings. The Labute approximate surface area is 141 Å². The topological polar surface area (TPSA) is 66.1 Å². The van der Waals surface area contributed by atoms with Gasteiger partial charge in [0, 0.05) is 29.3 Å². The Balaban J connectivity index is 1.57. The minimum Gasteiger partial charge on any atom is -0.497 e. The number of hydrogen-bond donors (Lipinski definition) is 3. The van der Waals surface area contributed by atoms with Gasteiger partial charge >= 0.3 is 6.03 Å². The minimum atomic E-state index is -0.196. The Kier molecular flexibility index (Phi) is 4.70. The molecule has 1 heterocycles. The Morgan fingerprint density at radius 3 is 2.88 bits per heavy atom. The lowest BCUT2D eigenvalue weighted by Crippen LogP contribution is -2.30. The smallest absolute Gasteiger partial charge is 0.319 e. The number of aromatic amines is 1. The summed E-state index contributed by atoms with van der Waals surface area (Å²) in [5.74, 6) is 0.827. The summed E-state index contributed by atoms with van der Waals surface area (Å²) in [6.07, 6.45) is 2.72. The maximum atomic E-state index is 12.0. The Bertz CT molecular complexity index is 855. The van der Waals surface area contributed by atoms with Crippen LogP contribution in [0.3, 0.4) is 0 Å². The van der Waals surface area contributed by atoms with Gasteiger partial charge in [-0.2, -0.15) is 0 Å². The molecule has 0 radical (unpaired) electrons. The van der Waals surface area contributed by atoms with E-state index in [9.17, 15) is 4.79 Å². The van der Waals surface area contributed by atoms with Gasteiger partial charge in [-0.15, -0.1) is 0 Å². The van der Waals surface area contributed by atoms with E-state index in [1.807, 2.05) is 55.6 Å². The first-order valence-corrected chi connectivity index (χ1v) is 7.91. The monoisotopic (exact) mass is 323 g/mol. The number of hydrogen-bond acceptors (Lipinski definition) is 2. The zero-order valence-corrected chi connectivity index (χ0v) is 13.8. The zero-order chi connectivity index (χ0) is 16.9. The molecule has 0 aliphatic carbocycles. The van der Waals surface area contributed by atoms with Gasteiger partial charge in [-0.25, -0.2) is 4.79 Å². The lowest BCUT2D eigenvalue weighted by molar-refractivity contribution is 0.252. The average molecular weight is 323 g/mol. The maximum absolute atomic E-state index is 12.0. The van der Waals surface area contributed by atoms with Gasteiger partial charge in [-0.1, -0.05) is 12.1 Å². The van der Waals surface area contributed by atoms with Crippen molar-refractivity contribution in [1.82, 2.24) is 10.3 Å². The van der Waals surface area contributed by atoms with Crippen molar-refractivity contribution < 1.29 is 9.53 Å². The van der Waals surface area contributed by atoms with Crippen molar-refractivity contribution >= 4 is 22.6 Å². The quantitative estimate of drug-likeness (QED) is 0.667. The number of carbonyl (C=O) groups excluding carboxylic acids is 1. The lowest BCUT2D eigenvalue weighted by Gasteiger charge is -2.08. The van der Waals surface area contributed by atoms with Gasteiger partial charge in [-0.05, 0) is 54.8 Å². The third kappa shape index (κ3) is 3.68. The number of amides is 2. The molecule has 0 atom stereocenters. The lowest BCUT2D eigenvalue weighted by atomic mass is 10.1. The number of fused-ring (bicyclic) bond motifs is 1. The molecule has 0 aliphatic rings. The molecule has 24 heavy (non-hydrogen) atoms. The van der Waals surface area contributed by atoms with Crippen molar-refractivity contribution in [3.8, 4) is 5.75 Å². The standard InChI is InChI=1S/C19H21N3O2/c1-13-4-3-5-15(10-13)22-19(23)20-9-8-14-12-21-18-7-6-16(24-2)11-17(14)18/h3-7,10-12,21H,8-9H2,1-2H3,(H2,20,22,23). The summed E-state index contributed by atoms with van der Waals surface area (Å²) in [5, 5.41) is 6.85. The van der Waals surface area contributed by atoms with Crippen LogP contribution in [0.2, 0.25) is 0 Å². The molecule has 124 valence electrons. The van der Waals surface area contributed by atoms with Crippen molar-refractivity contribution in [2.75, 3.05) is 19.0 Å². The highest BCUT2D eigenvalue weighted by atomic mass is 16.5. The van der Waals surface area contributed by atoms with Crippen LogP contribution in [0.5, 0.6) is 5.75 Å². The van der Waals surface area contributed by atoms with Crippen LogP contribution < -0.4 is 15.4 Å². The predicted octanol–water partition coefficient (Wildman–Crippen LogP) is 3.85. The van der Waals surface area contributed by atoms with Crippen molar-refractivity contribution in [2.24, 2.45) is 0 Å². The summed E-state index contributed by atoms with van der Waals surface area (Å²) >= 11 is 0. The molecule has 5 nitrogen and oxygen atoms in total. The number of carbonyl (C=O) groups is 1. The first-order chi connectivity index (χ1) is 11.7. The summed E-state index contributed by atoms with van der Waals surface area (Å²) in [4.78, 5) is 15.2. The van der Waals surface area contributed by atoms with Gasteiger partial charge < -0.3 is 20.4 Å². The van der Waals surface area contributed by atoms with Gasteiger partial charge in [0.25, 0.3) is 0 Å². The van der Waals surface area contributed by atoms with Gasteiger partial charge in [0.2, 0.25) is 0 Å². The predicted molar refractivity (Wildman–Crippen MR) is 96.8 cm³/mol. The minimum absolute atomic E-state index is 0.196. The highest BCUT2D eigenvalue weighted by Gasteiger charge is 2.06. The molecule has 0 saturated carbocycles. The van der Waals surface area contributed by atoms with E-state index in [0.717, 1.165) is 39.9 Å². The third-order valence-electron chi connectivity index (χ3n) is 3.93. The number of aromatic nitrogens is 1. The number of nitrogens with one attached hydrogen (secondary N) is 3. The SMILES string of the molecule is COc1ccc2[nH]cc(CCNC(=O)Nc3cccc(C)c3)c2c1. The molecular weight excluding hydrogens is 302 g/mol. The third-order valence-corrected chi connectivity index (χ3v) is 3.93. The molecule has 0 unspecified atom stereocenters. The van der Waals surface area contributed by atoms with E-state index < -0.39 is 0 Å². The van der Waals surface area contributed by atoms with E-state index in [1.165, 1.54) is 0 Å². The van der Waals surface area contributed by atoms with E-state index in [1.54, 1.807) is 7.11 Å². The van der Waals surface area contributed by atoms with E-state index in [0.29, 0.717) is 6.54 Å². The fourth-order valence-electron chi connectivity index (χ4n) is 2.70. The number of aryl methyl sites for hydroxylation is 1. The zero-order valence-electron chi connectivity index (χ0n) is 13.8. The fourth-order valence-corrected chi connectivity index (χ4v) is 2.70. The molecule has 2 aromatic carbocycles. The Morgan fingerprint density at radius 1 is 1.21 bits per heavy atom. The van der Waals surface area contributed by atoms with E-state index in [-0.39, 0.29) is 6.03 Å². The average Bonchev–Trinajstić information content (AvgIpc) is 2.97. The molecule has 2 amide bonds. The molecule has 3 rings (SSSR count). The normalized spacial score (nSPS) is 10.6. The first-order valence-electron chi connectivity index (χ1n) is 7.91. The highest BCUT2D eigenvalue weighted by molar-refractivity contribution is 5.89. The summed E-state index contributed by atoms with van der Waals surface area (Å²) < 4.78 is 5.27. The van der Waals surface area contributed by atoms with Crippen molar-refractivity contribution in [3.05, 3.63) is 59.8 Å². The number of benzene rings is 2. The number of rotatable bonds is 5. The summed E-state index contributed by atoms with van der Waals surface area (Å²) in [6.45, 7) is 2.55. The molecule has 0 spiro atoms. The largest absolute Gasteiger partial charge is 0.497 e. The Hall–Kier alpha value is -2.95. The van der Waals surface area contributed by atoms with Gasteiger partial charge in [0.15, 0.2) is 0 Å². The highest BCUT2D eigenvalue weighted by Crippen LogP contribution is 2.23. The fraction of sp³-hybridized carbons (Fsp3) is 0.211. The van der Waals surface area contributed by atoms with Crippen LogP contribution in [-0.2, 0) is 6.42 Å². The van der Waals surface area contributed by atoms with Crippen LogP contribution in [0, 0.1) is 6.92 Å². The van der Waals surface area contributed by atoms with Gasteiger partial charge in [-0.3, -0.25) is 0 Å². The Morgan fingerprint density at radius 2 is 2.08 bits per heavy atom. The molecular formula is C19H21N3O2. The van der Waals surface area contributed by atoms with Gasteiger partial charge in [0.1, 0.15) is 5.75 Å². The van der Waals surface area contributed by atoms with Crippen LogP contribution in [0.1, 0.15) is 11.1 Å². The van der Waals surface area contributed by atoms with Crippen molar-refractivity contribution in [1.29, 1.82) is 0 Å². The van der Waals surface area contributed by atoms with Crippen LogP contribution in [0.25, 0.3) is 10.9 Å². The first kappa shape index (κ1) is 15.9. The van der Waals surface area contributed by atoms with Gasteiger partial charge in [0.05, 0.1) is 7.11 Å². The van der Waals surface area contributed by atoms with E-state index in [4.69, 9.17) is 4.74 Å². The summed E-state index contributed by atoms with van der Waals surface area (Å²) in [7, 11) is 1.66. The van der Waals surface area contributed by atoms with Crippen LogP contribution >= 0.6 is 0 Å². The molecule has 0 saturated heterocycles. The second kappa shape index (κ2) is 7.08. The van der Waals surface area contributed by atoms with Crippen LogP contribution in [0.15, 0.2) is 48.7 Å². The van der Waals surface area contributed by atoms with E-state index in [2.05, 4.69) is 15.6 Å². The van der Waals surface area contributed by atoms with Crippen molar-refractivity contribution in [3.63, 3.8) is 0 Å². The molecule has 0 fully saturated rings. The van der Waals surface area contributed by atoms with Crippen LogP contribution in [0.4, 0.5) is 10.5 Å². The number of H-pyrrole nitrogens is 1. The molecule has 1 aromatic heterocycles. The van der Waals surface area contributed by atoms with Crippen LogP contribution in [-0.4, -0.2) is 24.7 Å². The molecule has 0 bridgehead atoms.